The van der Waals surface area contributed by atoms with Crippen LogP contribution in [0.3, 0.4) is 0 Å². The normalized spacial score (nSPS) is 20.8. The molecule has 110 valence electrons. The summed E-state index contributed by atoms with van der Waals surface area (Å²) >= 11 is 16.1. The number of nitrogens with one attached hydrogen (secondary N) is 1. The lowest BCUT2D eigenvalue weighted by Gasteiger charge is -2.33. The minimum absolute atomic E-state index is 0.155. The van der Waals surface area contributed by atoms with E-state index < -0.39 is 0 Å². The van der Waals surface area contributed by atoms with E-state index in [1.165, 1.54) is 0 Å². The second kappa shape index (κ2) is 6.17. The van der Waals surface area contributed by atoms with Crippen LogP contribution >= 0.6 is 39.1 Å². The molecule has 21 heavy (non-hydrogen) atoms. The van der Waals surface area contributed by atoms with Gasteiger partial charge in [-0.25, -0.2) is 0 Å². The van der Waals surface area contributed by atoms with Crippen LogP contribution in [-0.2, 0) is 0 Å². The maximum atomic E-state index is 6.31. The first kappa shape index (κ1) is 15.2. The van der Waals surface area contributed by atoms with E-state index in [0.29, 0.717) is 10.0 Å². The highest BCUT2D eigenvalue weighted by Gasteiger charge is 2.31. The number of benzene rings is 2. The van der Waals surface area contributed by atoms with Crippen LogP contribution in [0, 0.1) is 0 Å². The molecule has 0 bridgehead atoms. The molecular formula is C16H14BrCl2NO. The Balaban J connectivity index is 2.03. The maximum absolute atomic E-state index is 6.31. The first-order chi connectivity index (χ1) is 10.1. The zero-order chi connectivity index (χ0) is 15.0. The molecule has 0 aromatic heterocycles. The van der Waals surface area contributed by atoms with E-state index in [2.05, 4.69) is 27.3 Å². The molecule has 1 N–H and O–H groups in total. The molecule has 2 unspecified atom stereocenters. The number of rotatable bonds is 2. The van der Waals surface area contributed by atoms with Gasteiger partial charge in [0.1, 0.15) is 11.9 Å². The van der Waals surface area contributed by atoms with Gasteiger partial charge in [0.15, 0.2) is 0 Å². The maximum Gasteiger partial charge on any atom is 0.128 e. The second-order valence-corrected chi connectivity index (χ2v) is 6.73. The first-order valence-electron chi connectivity index (χ1n) is 6.67. The predicted molar refractivity (Wildman–Crippen MR) is 90.4 cm³/mol. The summed E-state index contributed by atoms with van der Waals surface area (Å²) in [6, 6.07) is 11.8. The Labute approximate surface area is 142 Å². The largest absolute Gasteiger partial charge is 0.485 e. The van der Waals surface area contributed by atoms with Crippen molar-refractivity contribution >= 4 is 39.1 Å². The molecule has 5 heteroatoms. The molecule has 0 aliphatic carbocycles. The van der Waals surface area contributed by atoms with Gasteiger partial charge in [0, 0.05) is 38.1 Å². The summed E-state index contributed by atoms with van der Waals surface area (Å²) in [4.78, 5) is 0. The molecule has 1 aliphatic heterocycles. The molecule has 0 saturated carbocycles. The van der Waals surface area contributed by atoms with Crippen LogP contribution in [0.2, 0.25) is 10.0 Å². The number of hydrogen-bond acceptors (Lipinski definition) is 2. The zero-order valence-electron chi connectivity index (χ0n) is 11.4. The standard InChI is InChI=1S/C16H14BrCl2NO/c1-20-13-8-15(16-11(18)3-2-4-12(16)19)21-14-6-5-9(17)7-10(13)14/h2-7,13,15,20H,8H2,1H3. The van der Waals surface area contributed by atoms with Crippen molar-refractivity contribution in [3.63, 3.8) is 0 Å². The van der Waals surface area contributed by atoms with Crippen LogP contribution in [0.5, 0.6) is 5.75 Å². The molecular weight excluding hydrogens is 373 g/mol. The van der Waals surface area contributed by atoms with Gasteiger partial charge in [0.2, 0.25) is 0 Å². The van der Waals surface area contributed by atoms with Crippen molar-refractivity contribution in [2.24, 2.45) is 0 Å². The molecule has 0 radical (unpaired) electrons. The summed E-state index contributed by atoms with van der Waals surface area (Å²) in [7, 11) is 1.95. The average Bonchev–Trinajstić information content (AvgIpc) is 2.46. The lowest BCUT2D eigenvalue weighted by Crippen LogP contribution is -2.27. The van der Waals surface area contributed by atoms with E-state index >= 15 is 0 Å². The fourth-order valence-electron chi connectivity index (χ4n) is 2.71. The molecule has 1 heterocycles. The van der Waals surface area contributed by atoms with Crippen molar-refractivity contribution in [1.29, 1.82) is 0 Å². The highest BCUT2D eigenvalue weighted by atomic mass is 79.9. The fourth-order valence-corrected chi connectivity index (χ4v) is 3.73. The van der Waals surface area contributed by atoms with Gasteiger partial charge in [-0.15, -0.1) is 0 Å². The summed E-state index contributed by atoms with van der Waals surface area (Å²) in [5.41, 5.74) is 2.00. The Morgan fingerprint density at radius 1 is 1.19 bits per heavy atom. The third kappa shape index (κ3) is 2.93. The highest BCUT2D eigenvalue weighted by Crippen LogP contribution is 2.44. The summed E-state index contributed by atoms with van der Waals surface area (Å²) in [5, 5.41) is 4.62. The van der Waals surface area contributed by atoms with Gasteiger partial charge in [-0.1, -0.05) is 45.2 Å². The third-order valence-electron chi connectivity index (χ3n) is 3.74. The van der Waals surface area contributed by atoms with Crippen LogP contribution in [0.15, 0.2) is 40.9 Å². The molecule has 1 aliphatic rings. The Morgan fingerprint density at radius 3 is 2.57 bits per heavy atom. The minimum atomic E-state index is -0.155. The Hall–Kier alpha value is -0.740. The minimum Gasteiger partial charge on any atom is -0.485 e. The van der Waals surface area contributed by atoms with Crippen LogP contribution in [-0.4, -0.2) is 7.05 Å². The highest BCUT2D eigenvalue weighted by molar-refractivity contribution is 9.10. The van der Waals surface area contributed by atoms with Gasteiger partial charge in [0.05, 0.1) is 0 Å². The second-order valence-electron chi connectivity index (χ2n) is 5.00. The van der Waals surface area contributed by atoms with Crippen molar-refractivity contribution in [3.05, 3.63) is 62.0 Å². The Bertz CT molecular complexity index is 657. The van der Waals surface area contributed by atoms with E-state index in [4.69, 9.17) is 27.9 Å². The van der Waals surface area contributed by atoms with Crippen LogP contribution in [0.1, 0.15) is 29.7 Å². The summed E-state index contributed by atoms with van der Waals surface area (Å²) in [6.45, 7) is 0. The van der Waals surface area contributed by atoms with E-state index in [-0.39, 0.29) is 12.1 Å². The predicted octanol–water partition coefficient (Wildman–Crippen LogP) is 5.54. The number of ether oxygens (including phenoxy) is 1. The van der Waals surface area contributed by atoms with E-state index in [1.807, 2.05) is 37.4 Å². The SMILES string of the molecule is CNC1CC(c2c(Cl)cccc2Cl)Oc2ccc(Br)cc21. The zero-order valence-corrected chi connectivity index (χ0v) is 14.5. The van der Waals surface area contributed by atoms with E-state index in [0.717, 1.165) is 27.8 Å². The molecule has 2 nitrogen and oxygen atoms in total. The first-order valence-corrected chi connectivity index (χ1v) is 8.22. The Kier molecular flexibility index (Phi) is 4.46. The van der Waals surface area contributed by atoms with Crippen molar-refractivity contribution in [2.75, 3.05) is 7.05 Å². The molecule has 0 fully saturated rings. The van der Waals surface area contributed by atoms with Gasteiger partial charge >= 0.3 is 0 Å². The number of halogens is 3. The third-order valence-corrected chi connectivity index (χ3v) is 4.89. The summed E-state index contributed by atoms with van der Waals surface area (Å²) in [6.07, 6.45) is 0.626. The van der Waals surface area contributed by atoms with E-state index in [1.54, 1.807) is 0 Å². The molecule has 2 atom stereocenters. The average molecular weight is 387 g/mol. The van der Waals surface area contributed by atoms with Gasteiger partial charge < -0.3 is 10.1 Å². The topological polar surface area (TPSA) is 21.3 Å². The van der Waals surface area contributed by atoms with Gasteiger partial charge in [0.25, 0.3) is 0 Å². The summed E-state index contributed by atoms with van der Waals surface area (Å²) in [5.74, 6) is 0.866. The van der Waals surface area contributed by atoms with Crippen molar-refractivity contribution in [1.82, 2.24) is 5.32 Å². The number of hydrogen-bond donors (Lipinski definition) is 1. The van der Waals surface area contributed by atoms with Crippen molar-refractivity contribution in [2.45, 2.75) is 18.6 Å². The van der Waals surface area contributed by atoms with Gasteiger partial charge in [-0.2, -0.15) is 0 Å². The van der Waals surface area contributed by atoms with Crippen LogP contribution in [0.25, 0.3) is 0 Å². The lowest BCUT2D eigenvalue weighted by atomic mass is 9.93. The van der Waals surface area contributed by atoms with Gasteiger partial charge in [-0.05, 0) is 37.4 Å². The number of fused-ring (bicyclic) bond motifs is 1. The van der Waals surface area contributed by atoms with Crippen LogP contribution < -0.4 is 10.1 Å². The van der Waals surface area contributed by atoms with E-state index in [9.17, 15) is 0 Å². The van der Waals surface area contributed by atoms with Crippen molar-refractivity contribution < 1.29 is 4.74 Å². The molecule has 3 rings (SSSR count). The van der Waals surface area contributed by atoms with Crippen molar-refractivity contribution in [3.8, 4) is 5.75 Å². The fraction of sp³-hybridized carbons (Fsp3) is 0.250. The summed E-state index contributed by atoms with van der Waals surface area (Å²) < 4.78 is 7.18. The molecule has 2 aromatic carbocycles. The molecule has 0 spiro atoms. The molecule has 0 amide bonds. The van der Waals surface area contributed by atoms with Crippen LogP contribution in [0.4, 0.5) is 0 Å². The monoisotopic (exact) mass is 385 g/mol. The quantitative estimate of drug-likeness (QED) is 0.731. The lowest BCUT2D eigenvalue weighted by molar-refractivity contribution is 0.154. The van der Waals surface area contributed by atoms with Gasteiger partial charge in [-0.3, -0.25) is 0 Å². The molecule has 2 aromatic rings. The molecule has 0 saturated heterocycles. The Morgan fingerprint density at radius 2 is 1.90 bits per heavy atom. The smallest absolute Gasteiger partial charge is 0.128 e.